The van der Waals surface area contributed by atoms with Crippen LogP contribution in [0.3, 0.4) is 0 Å². The van der Waals surface area contributed by atoms with Gasteiger partial charge in [0.15, 0.2) is 0 Å². The molecule has 2 unspecified atom stereocenters. The summed E-state index contributed by atoms with van der Waals surface area (Å²) in [7, 11) is 4.61. The summed E-state index contributed by atoms with van der Waals surface area (Å²) in [5, 5.41) is 0. The van der Waals surface area contributed by atoms with Gasteiger partial charge in [-0.1, -0.05) is 0 Å². The number of hydrogen-bond acceptors (Lipinski definition) is 2. The Morgan fingerprint density at radius 3 is 1.14 bits per heavy atom. The monoisotopic (exact) mass is 542 g/mol. The Balaban J connectivity index is 0. The summed E-state index contributed by atoms with van der Waals surface area (Å²) in [4.78, 5) is 0. The first-order valence-electron chi connectivity index (χ1n) is 8.30. The van der Waals surface area contributed by atoms with Crippen LogP contribution in [-0.2, 0) is 9.47 Å². The third-order valence-electron chi connectivity index (χ3n) is 5.38. The highest BCUT2D eigenvalue weighted by Gasteiger charge is 2.32. The fraction of sp³-hybridized carbons (Fsp3) is 1.00. The quantitative estimate of drug-likeness (QED) is 0.229. The van der Waals surface area contributed by atoms with Gasteiger partial charge in [-0.25, -0.2) is 0 Å². The first-order valence-corrected chi connectivity index (χ1v) is 8.30. The van der Waals surface area contributed by atoms with E-state index in [1.165, 1.54) is 0 Å². The van der Waals surface area contributed by atoms with E-state index in [2.05, 4.69) is 41.8 Å². The molecule has 0 aromatic rings. The third kappa shape index (κ3) is 7.92. The van der Waals surface area contributed by atoms with Crippen molar-refractivity contribution in [1.82, 2.24) is 0 Å². The van der Waals surface area contributed by atoms with Crippen molar-refractivity contribution in [2.24, 2.45) is 0 Å². The maximum atomic E-state index is 6.07. The summed E-state index contributed by atoms with van der Waals surface area (Å²) in [5.74, 6) is 0. The lowest BCUT2D eigenvalue weighted by Gasteiger charge is -2.40. The summed E-state index contributed by atoms with van der Waals surface area (Å²) >= 11 is 0. The van der Waals surface area contributed by atoms with Crippen molar-refractivity contribution >= 4 is 0 Å². The molecule has 6 heteroatoms. The van der Waals surface area contributed by atoms with E-state index in [0.29, 0.717) is 0 Å². The zero-order chi connectivity index (χ0) is 15.2. The number of rotatable bonds is 8. The minimum Gasteiger partial charge on any atom is -1.00 e. The molecule has 0 bridgehead atoms. The van der Waals surface area contributed by atoms with Gasteiger partial charge in [0, 0.05) is 0 Å². The molecule has 0 radical (unpaired) electrons. The first kappa shape index (κ1) is 25.5. The van der Waals surface area contributed by atoms with Crippen LogP contribution in [0.4, 0.5) is 0 Å². The van der Waals surface area contributed by atoms with Crippen molar-refractivity contribution in [2.45, 2.75) is 39.9 Å². The highest BCUT2D eigenvalue weighted by Crippen LogP contribution is 2.15. The Hall–Kier alpha value is 1.30. The molecule has 0 N–H and O–H groups in total. The standard InChI is InChI=1S/C16H36N2O2.2HI/c1-7-17(5,8-2)11-15-13-20-16(14-19-15)12-18(6,9-3)10-4;;/h15-16H,7-14H2,1-6H3;2*1H/q+2;;/p-2. The molecule has 1 saturated heterocycles. The highest BCUT2D eigenvalue weighted by molar-refractivity contribution is 4.68. The van der Waals surface area contributed by atoms with Gasteiger partial charge in [0.25, 0.3) is 0 Å². The van der Waals surface area contributed by atoms with Gasteiger partial charge in [-0.05, 0) is 27.7 Å². The number of nitrogens with zero attached hydrogens (tertiary/aromatic N) is 2. The maximum absolute atomic E-state index is 6.07. The second-order valence-corrected chi connectivity index (χ2v) is 6.78. The molecule has 0 amide bonds. The van der Waals surface area contributed by atoms with Crippen molar-refractivity contribution in [1.29, 1.82) is 0 Å². The van der Waals surface area contributed by atoms with Gasteiger partial charge in [-0.2, -0.15) is 0 Å². The van der Waals surface area contributed by atoms with Crippen LogP contribution in [0.5, 0.6) is 0 Å². The van der Waals surface area contributed by atoms with Crippen LogP contribution in [-0.4, -0.2) is 87.8 Å². The van der Waals surface area contributed by atoms with Crippen LogP contribution < -0.4 is 48.0 Å². The van der Waals surface area contributed by atoms with Gasteiger partial charge in [0.2, 0.25) is 0 Å². The molecule has 1 rings (SSSR count). The summed E-state index contributed by atoms with van der Waals surface area (Å²) in [6, 6.07) is 0. The summed E-state index contributed by atoms with van der Waals surface area (Å²) in [5.41, 5.74) is 0. The Morgan fingerprint density at radius 1 is 0.682 bits per heavy atom. The molecule has 0 aliphatic carbocycles. The van der Waals surface area contributed by atoms with Gasteiger partial charge in [-0.15, -0.1) is 0 Å². The van der Waals surface area contributed by atoms with Crippen LogP contribution in [0.25, 0.3) is 0 Å². The lowest BCUT2D eigenvalue weighted by molar-refractivity contribution is -0.912. The van der Waals surface area contributed by atoms with Crippen molar-refractivity contribution < 1.29 is 66.4 Å². The second kappa shape index (κ2) is 11.8. The van der Waals surface area contributed by atoms with Gasteiger partial charge in [-0.3, -0.25) is 0 Å². The highest BCUT2D eigenvalue weighted by atomic mass is 127. The van der Waals surface area contributed by atoms with Crippen LogP contribution in [0.1, 0.15) is 27.7 Å². The lowest BCUT2D eigenvalue weighted by atomic mass is 10.2. The van der Waals surface area contributed by atoms with E-state index in [1.54, 1.807) is 0 Å². The number of halogens is 2. The molecule has 1 fully saturated rings. The van der Waals surface area contributed by atoms with Gasteiger partial charge >= 0.3 is 0 Å². The second-order valence-electron chi connectivity index (χ2n) is 6.78. The molecule has 0 aromatic carbocycles. The average Bonchev–Trinajstić information content (AvgIpc) is 2.49. The molecule has 1 aliphatic rings. The van der Waals surface area contributed by atoms with E-state index >= 15 is 0 Å². The number of ether oxygens (including phenoxy) is 2. The van der Waals surface area contributed by atoms with Crippen molar-refractivity contribution in [3.63, 3.8) is 0 Å². The molecule has 1 heterocycles. The molecule has 4 nitrogen and oxygen atoms in total. The van der Waals surface area contributed by atoms with E-state index in [9.17, 15) is 0 Å². The molecule has 0 saturated carbocycles. The summed E-state index contributed by atoms with van der Waals surface area (Å²) < 4.78 is 14.3. The van der Waals surface area contributed by atoms with E-state index in [4.69, 9.17) is 9.47 Å². The predicted octanol–water partition coefficient (Wildman–Crippen LogP) is -4.25. The van der Waals surface area contributed by atoms with Crippen LogP contribution in [0.2, 0.25) is 0 Å². The Kier molecular flexibility index (Phi) is 13.7. The normalized spacial score (nSPS) is 22.6. The zero-order valence-electron chi connectivity index (χ0n) is 15.3. The molecule has 136 valence electrons. The van der Waals surface area contributed by atoms with E-state index in [0.717, 1.165) is 61.4 Å². The first-order chi connectivity index (χ1) is 9.40. The minimum absolute atomic E-state index is 0. The third-order valence-corrected chi connectivity index (χ3v) is 5.38. The van der Waals surface area contributed by atoms with Gasteiger partial charge in [0.1, 0.15) is 25.3 Å². The Labute approximate surface area is 172 Å². The number of quaternary nitrogens is 2. The number of likely N-dealkylation sites (N-methyl/N-ethyl adjacent to an activating group) is 2. The topological polar surface area (TPSA) is 18.5 Å². The van der Waals surface area contributed by atoms with Crippen molar-refractivity contribution in [3.05, 3.63) is 0 Å². The maximum Gasteiger partial charge on any atom is 0.130 e. The van der Waals surface area contributed by atoms with Gasteiger partial charge in [0.05, 0.1) is 53.5 Å². The van der Waals surface area contributed by atoms with E-state index < -0.39 is 0 Å². The fourth-order valence-electron chi connectivity index (χ4n) is 2.74. The number of hydrogen-bond donors (Lipinski definition) is 0. The minimum atomic E-state index is 0. The lowest BCUT2D eigenvalue weighted by Crippen LogP contribution is -3.00. The fourth-order valence-corrected chi connectivity index (χ4v) is 2.74. The largest absolute Gasteiger partial charge is 1.00 e. The molecule has 0 spiro atoms. The average molecular weight is 542 g/mol. The molecular weight excluding hydrogens is 506 g/mol. The molecular formula is C16H36I2N2O2. The SMILES string of the molecule is CC[N+](C)(CC)CC1COC(C[N+](C)(CC)CC)CO1.[I-].[I-]. The van der Waals surface area contributed by atoms with E-state index in [1.807, 2.05) is 0 Å². The summed E-state index contributed by atoms with van der Waals surface area (Å²) in [6.07, 6.45) is 0.524. The smallest absolute Gasteiger partial charge is 0.130 e. The summed E-state index contributed by atoms with van der Waals surface area (Å²) in [6.45, 7) is 17.3. The zero-order valence-corrected chi connectivity index (χ0v) is 19.6. The molecule has 0 aromatic heterocycles. The Morgan fingerprint density at radius 2 is 0.955 bits per heavy atom. The van der Waals surface area contributed by atoms with Crippen LogP contribution in [0, 0.1) is 0 Å². The van der Waals surface area contributed by atoms with Crippen molar-refractivity contribution in [3.8, 4) is 0 Å². The molecule has 2 atom stereocenters. The van der Waals surface area contributed by atoms with E-state index in [-0.39, 0.29) is 60.2 Å². The molecule has 22 heavy (non-hydrogen) atoms. The molecule has 1 aliphatic heterocycles. The van der Waals surface area contributed by atoms with Crippen LogP contribution >= 0.6 is 0 Å². The van der Waals surface area contributed by atoms with Gasteiger partial charge < -0.3 is 66.4 Å². The predicted molar refractivity (Wildman–Crippen MR) is 83.7 cm³/mol. The van der Waals surface area contributed by atoms with Crippen molar-refractivity contribution in [2.75, 3.05) is 66.6 Å². The Bertz CT molecular complexity index is 249. The van der Waals surface area contributed by atoms with Crippen LogP contribution in [0.15, 0.2) is 0 Å².